The maximum absolute atomic E-state index is 12.0. The molecular formula is C18H29IN4O2. The molecule has 0 atom stereocenters. The maximum atomic E-state index is 12.0. The van der Waals surface area contributed by atoms with Crippen LogP contribution in [0.15, 0.2) is 29.3 Å². The number of nitrogens with zero attached hydrogens (tertiary/aromatic N) is 2. The zero-order valence-corrected chi connectivity index (χ0v) is 17.4. The second-order valence-corrected chi connectivity index (χ2v) is 5.78. The number of aliphatic imine (C=N–C) groups is 1. The molecular weight excluding hydrogens is 431 g/mol. The Balaban J connectivity index is 0.00000312. The number of amides is 1. The fourth-order valence-corrected chi connectivity index (χ4v) is 2.64. The highest BCUT2D eigenvalue weighted by atomic mass is 127. The van der Waals surface area contributed by atoms with E-state index in [1.54, 1.807) is 7.11 Å². The van der Waals surface area contributed by atoms with E-state index in [0.29, 0.717) is 19.6 Å². The van der Waals surface area contributed by atoms with E-state index in [1.165, 1.54) is 0 Å². The SMILES string of the molecule is CCNC(=NCc1ccc(N2CCCCC2=O)cc1)NCCOC.I. The minimum absolute atomic E-state index is 0. The van der Waals surface area contributed by atoms with Gasteiger partial charge in [0.15, 0.2) is 5.96 Å². The Bertz CT molecular complexity index is 549. The molecule has 2 N–H and O–H groups in total. The molecule has 0 bridgehead atoms. The molecule has 1 aliphatic heterocycles. The van der Waals surface area contributed by atoms with Crippen LogP contribution in [0.1, 0.15) is 31.7 Å². The number of hydrogen-bond acceptors (Lipinski definition) is 3. The molecule has 7 heteroatoms. The lowest BCUT2D eigenvalue weighted by Gasteiger charge is -2.26. The molecule has 1 aromatic rings. The first-order chi connectivity index (χ1) is 11.7. The molecule has 0 aromatic heterocycles. The highest BCUT2D eigenvalue weighted by molar-refractivity contribution is 14.0. The van der Waals surface area contributed by atoms with Crippen LogP contribution < -0.4 is 15.5 Å². The number of ether oxygens (including phenoxy) is 1. The summed E-state index contributed by atoms with van der Waals surface area (Å²) in [5, 5.41) is 6.43. The largest absolute Gasteiger partial charge is 0.383 e. The third-order valence-electron chi connectivity index (χ3n) is 3.93. The van der Waals surface area contributed by atoms with E-state index in [1.807, 2.05) is 36.1 Å². The molecule has 0 radical (unpaired) electrons. The topological polar surface area (TPSA) is 66.0 Å². The van der Waals surface area contributed by atoms with Crippen molar-refractivity contribution in [1.82, 2.24) is 10.6 Å². The Hall–Kier alpha value is -1.35. The summed E-state index contributed by atoms with van der Waals surface area (Å²) in [6.45, 7) is 5.63. The first-order valence-corrected chi connectivity index (χ1v) is 8.65. The Morgan fingerprint density at radius 2 is 2.00 bits per heavy atom. The van der Waals surface area contributed by atoms with Gasteiger partial charge in [0.25, 0.3) is 0 Å². The van der Waals surface area contributed by atoms with E-state index < -0.39 is 0 Å². The molecule has 1 amide bonds. The van der Waals surface area contributed by atoms with Crippen molar-refractivity contribution >= 4 is 41.5 Å². The number of halogens is 1. The van der Waals surface area contributed by atoms with E-state index >= 15 is 0 Å². The number of piperidine rings is 1. The van der Waals surface area contributed by atoms with Crippen LogP contribution in [0.3, 0.4) is 0 Å². The van der Waals surface area contributed by atoms with Crippen LogP contribution in [0.5, 0.6) is 0 Å². The highest BCUT2D eigenvalue weighted by Crippen LogP contribution is 2.21. The van der Waals surface area contributed by atoms with Gasteiger partial charge >= 0.3 is 0 Å². The predicted molar refractivity (Wildman–Crippen MR) is 113 cm³/mol. The van der Waals surface area contributed by atoms with E-state index in [0.717, 1.165) is 49.7 Å². The van der Waals surface area contributed by atoms with Gasteiger partial charge in [0.1, 0.15) is 0 Å². The van der Waals surface area contributed by atoms with E-state index in [2.05, 4.69) is 15.6 Å². The van der Waals surface area contributed by atoms with E-state index in [-0.39, 0.29) is 29.9 Å². The Morgan fingerprint density at radius 1 is 1.24 bits per heavy atom. The van der Waals surface area contributed by atoms with Crippen LogP contribution in [-0.4, -0.2) is 45.2 Å². The summed E-state index contributed by atoms with van der Waals surface area (Å²) >= 11 is 0. The number of benzene rings is 1. The third kappa shape index (κ3) is 7.19. The zero-order chi connectivity index (χ0) is 17.2. The molecule has 6 nitrogen and oxygen atoms in total. The number of carbonyl (C=O) groups excluding carboxylic acids is 1. The number of nitrogens with one attached hydrogen (secondary N) is 2. The van der Waals surface area contributed by atoms with Crippen LogP contribution >= 0.6 is 24.0 Å². The molecule has 1 heterocycles. The lowest BCUT2D eigenvalue weighted by Crippen LogP contribution is -2.38. The van der Waals surface area contributed by atoms with Crippen molar-refractivity contribution in [3.8, 4) is 0 Å². The second kappa shape index (κ2) is 12.1. The molecule has 0 spiro atoms. The molecule has 0 unspecified atom stereocenters. The number of methoxy groups -OCH3 is 1. The summed E-state index contributed by atoms with van der Waals surface area (Å²) in [5.74, 6) is 1.01. The van der Waals surface area contributed by atoms with Gasteiger partial charge in [-0.05, 0) is 37.5 Å². The van der Waals surface area contributed by atoms with Gasteiger partial charge in [-0.3, -0.25) is 4.79 Å². The second-order valence-electron chi connectivity index (χ2n) is 5.78. The third-order valence-corrected chi connectivity index (χ3v) is 3.93. The van der Waals surface area contributed by atoms with Gasteiger partial charge in [0, 0.05) is 38.9 Å². The first-order valence-electron chi connectivity index (χ1n) is 8.65. The molecule has 1 aromatic carbocycles. The van der Waals surface area contributed by atoms with Crippen molar-refractivity contribution in [2.45, 2.75) is 32.7 Å². The monoisotopic (exact) mass is 460 g/mol. The van der Waals surface area contributed by atoms with Crippen molar-refractivity contribution in [1.29, 1.82) is 0 Å². The van der Waals surface area contributed by atoms with Gasteiger partial charge in [-0.2, -0.15) is 0 Å². The molecule has 1 saturated heterocycles. The van der Waals surface area contributed by atoms with Crippen molar-refractivity contribution < 1.29 is 9.53 Å². The lowest BCUT2D eigenvalue weighted by molar-refractivity contribution is -0.119. The summed E-state index contributed by atoms with van der Waals surface area (Å²) < 4.78 is 5.04. The molecule has 2 rings (SSSR count). The summed E-state index contributed by atoms with van der Waals surface area (Å²) in [7, 11) is 1.68. The Labute approximate surface area is 167 Å². The number of carbonyl (C=O) groups is 1. The van der Waals surface area contributed by atoms with Gasteiger partial charge in [-0.25, -0.2) is 4.99 Å². The molecule has 0 aliphatic carbocycles. The Morgan fingerprint density at radius 3 is 2.64 bits per heavy atom. The fraction of sp³-hybridized carbons (Fsp3) is 0.556. The van der Waals surface area contributed by atoms with Crippen LogP contribution in [0.2, 0.25) is 0 Å². The maximum Gasteiger partial charge on any atom is 0.226 e. The normalized spacial score (nSPS) is 14.9. The number of guanidine groups is 1. The van der Waals surface area contributed by atoms with Crippen molar-refractivity contribution in [2.75, 3.05) is 38.3 Å². The molecule has 0 saturated carbocycles. The van der Waals surface area contributed by atoms with Gasteiger partial charge in [0.2, 0.25) is 5.91 Å². The van der Waals surface area contributed by atoms with Gasteiger partial charge in [-0.15, -0.1) is 24.0 Å². The zero-order valence-electron chi connectivity index (χ0n) is 15.1. The average Bonchev–Trinajstić information content (AvgIpc) is 2.61. The molecule has 140 valence electrons. The van der Waals surface area contributed by atoms with Gasteiger partial charge < -0.3 is 20.3 Å². The first kappa shape index (κ1) is 21.7. The van der Waals surface area contributed by atoms with Crippen LogP contribution in [-0.2, 0) is 16.1 Å². The number of rotatable bonds is 7. The summed E-state index contributed by atoms with van der Waals surface area (Å²) in [5.41, 5.74) is 2.10. The average molecular weight is 460 g/mol. The van der Waals surface area contributed by atoms with Crippen LogP contribution in [0, 0.1) is 0 Å². The molecule has 1 aliphatic rings. The molecule has 1 fully saturated rings. The van der Waals surface area contributed by atoms with E-state index in [9.17, 15) is 4.79 Å². The smallest absolute Gasteiger partial charge is 0.226 e. The predicted octanol–water partition coefficient (Wildman–Crippen LogP) is 2.52. The highest BCUT2D eigenvalue weighted by Gasteiger charge is 2.19. The van der Waals surface area contributed by atoms with Crippen molar-refractivity contribution in [3.05, 3.63) is 29.8 Å². The summed E-state index contributed by atoms with van der Waals surface area (Å²) in [4.78, 5) is 18.4. The minimum Gasteiger partial charge on any atom is -0.383 e. The molecule has 25 heavy (non-hydrogen) atoms. The quantitative estimate of drug-likeness (QED) is 0.284. The standard InChI is InChI=1S/C18H28N4O2.HI/c1-3-19-18(20-11-13-24-2)21-14-15-7-9-16(10-8-15)22-12-5-4-6-17(22)23;/h7-10H,3-6,11-14H2,1-2H3,(H2,19,20,21);1H. The fourth-order valence-electron chi connectivity index (χ4n) is 2.64. The number of anilines is 1. The lowest BCUT2D eigenvalue weighted by atomic mass is 10.1. The van der Waals surface area contributed by atoms with Crippen molar-refractivity contribution in [3.63, 3.8) is 0 Å². The summed E-state index contributed by atoms with van der Waals surface area (Å²) in [6.07, 6.45) is 2.74. The number of hydrogen-bond donors (Lipinski definition) is 2. The van der Waals surface area contributed by atoms with Crippen LogP contribution in [0.25, 0.3) is 0 Å². The summed E-state index contributed by atoms with van der Waals surface area (Å²) in [6, 6.07) is 8.11. The van der Waals surface area contributed by atoms with Gasteiger partial charge in [0.05, 0.1) is 13.2 Å². The van der Waals surface area contributed by atoms with Crippen LogP contribution in [0.4, 0.5) is 5.69 Å². The van der Waals surface area contributed by atoms with Gasteiger partial charge in [-0.1, -0.05) is 12.1 Å². The minimum atomic E-state index is 0. The van der Waals surface area contributed by atoms with Crippen molar-refractivity contribution in [2.24, 2.45) is 4.99 Å². The Kier molecular flexibility index (Phi) is 10.5. The van der Waals surface area contributed by atoms with E-state index in [4.69, 9.17) is 4.74 Å².